The summed E-state index contributed by atoms with van der Waals surface area (Å²) in [5.74, 6) is 0. The number of rotatable bonds is 20. The number of unbranched alkanes of at least 4 members (excludes halogenated alkanes) is 9. The van der Waals surface area contributed by atoms with Gasteiger partial charge >= 0.3 is 0 Å². The number of aromatic nitrogens is 2. The van der Waals surface area contributed by atoms with Crippen molar-refractivity contribution in [2.75, 3.05) is 29.9 Å². The molecule has 0 aliphatic rings. The van der Waals surface area contributed by atoms with Crippen LogP contribution in [-0.4, -0.2) is 28.4 Å². The van der Waals surface area contributed by atoms with E-state index in [-0.39, 0.29) is 0 Å². The fourth-order valence-electron chi connectivity index (χ4n) is 6.63. The summed E-state index contributed by atoms with van der Waals surface area (Å²) in [6.45, 7) is 10.2. The minimum Gasteiger partial charge on any atom is -0.385 e. The maximum atomic E-state index is 4.79. The largest absolute Gasteiger partial charge is 0.385 e. The molecule has 6 aromatic rings. The normalized spacial score (nSPS) is 11.6. The average molecular weight is 709 g/mol. The van der Waals surface area contributed by atoms with E-state index in [4.69, 9.17) is 8.75 Å². The Balaban J connectivity index is 1.15. The maximum Gasteiger partial charge on any atom is 0.114 e. The van der Waals surface area contributed by atoms with Crippen LogP contribution in [0.4, 0.5) is 11.4 Å². The van der Waals surface area contributed by atoms with E-state index >= 15 is 0 Å². The van der Waals surface area contributed by atoms with Crippen molar-refractivity contribution < 1.29 is 0 Å². The van der Waals surface area contributed by atoms with Crippen LogP contribution in [0.1, 0.15) is 97.8 Å². The highest BCUT2D eigenvalue weighted by Crippen LogP contribution is 2.44. The molecule has 6 rings (SSSR count). The molecule has 7 heteroatoms. The molecule has 0 aliphatic carbocycles. The highest BCUT2D eigenvalue weighted by atomic mass is 32.1. The van der Waals surface area contributed by atoms with Crippen LogP contribution in [0, 0.1) is 0 Å². The van der Waals surface area contributed by atoms with Crippen LogP contribution in [0.3, 0.4) is 0 Å². The summed E-state index contributed by atoms with van der Waals surface area (Å²) < 4.78 is 12.2. The van der Waals surface area contributed by atoms with Crippen molar-refractivity contribution >= 4 is 66.2 Å². The van der Waals surface area contributed by atoms with Crippen molar-refractivity contribution in [1.82, 2.24) is 8.75 Å². The first kappa shape index (κ1) is 35.6. The lowest BCUT2D eigenvalue weighted by Crippen LogP contribution is -2.25. The molecule has 1 N–H and O–H groups in total. The Morgan fingerprint density at radius 2 is 1.10 bits per heavy atom. The van der Waals surface area contributed by atoms with Crippen molar-refractivity contribution in [3.05, 3.63) is 72.8 Å². The van der Waals surface area contributed by atoms with E-state index in [1.165, 1.54) is 136 Å². The zero-order chi connectivity index (χ0) is 33.8. The van der Waals surface area contributed by atoms with Crippen LogP contribution in [0.25, 0.3) is 52.4 Å². The van der Waals surface area contributed by atoms with E-state index < -0.39 is 0 Å². The number of hydrogen-bond donors (Lipinski definition) is 1. The topological polar surface area (TPSA) is 41.0 Å². The van der Waals surface area contributed by atoms with Crippen molar-refractivity contribution in [2.45, 2.75) is 97.8 Å². The molecule has 3 aromatic carbocycles. The number of nitrogens with zero attached hydrogens (tertiary/aromatic N) is 3. The summed E-state index contributed by atoms with van der Waals surface area (Å²) in [5.41, 5.74) is 9.35. The molecule has 4 nitrogen and oxygen atoms in total. The zero-order valence-electron chi connectivity index (χ0n) is 29.6. The van der Waals surface area contributed by atoms with E-state index in [0.717, 1.165) is 36.2 Å². The monoisotopic (exact) mass is 708 g/mol. The quantitative estimate of drug-likeness (QED) is 0.0802. The fourth-order valence-corrected chi connectivity index (χ4v) is 9.63. The van der Waals surface area contributed by atoms with Gasteiger partial charge in [0.1, 0.15) is 11.0 Å². The Hall–Kier alpha value is -3.26. The summed E-state index contributed by atoms with van der Waals surface area (Å²) in [4.78, 5) is 5.22. The van der Waals surface area contributed by atoms with Gasteiger partial charge in [0, 0.05) is 61.3 Å². The lowest BCUT2D eigenvalue weighted by atomic mass is 10.0. The van der Waals surface area contributed by atoms with Crippen LogP contribution in [-0.2, 0) is 0 Å². The Bertz CT molecular complexity index is 1820. The van der Waals surface area contributed by atoms with Crippen molar-refractivity contribution in [2.24, 2.45) is 0 Å². The van der Waals surface area contributed by atoms with Gasteiger partial charge in [0.2, 0.25) is 0 Å². The Labute approximate surface area is 305 Å². The molecule has 0 aliphatic heterocycles. The predicted octanol–water partition coefficient (Wildman–Crippen LogP) is 13.9. The van der Waals surface area contributed by atoms with Crippen molar-refractivity contribution in [3.63, 3.8) is 0 Å². The highest BCUT2D eigenvalue weighted by Gasteiger charge is 2.17. The van der Waals surface area contributed by atoms with Gasteiger partial charge in [-0.1, -0.05) is 115 Å². The second-order valence-corrected chi connectivity index (χ2v) is 16.0. The first-order valence-electron chi connectivity index (χ1n) is 18.7. The number of nitrogens with one attached hydrogen (secondary N) is 1. The minimum absolute atomic E-state index is 0.991. The Morgan fingerprint density at radius 1 is 0.551 bits per heavy atom. The molecule has 49 heavy (non-hydrogen) atoms. The van der Waals surface area contributed by atoms with Gasteiger partial charge in [-0.2, -0.15) is 8.75 Å². The van der Waals surface area contributed by atoms with Crippen LogP contribution >= 0.6 is 34.4 Å². The SMILES string of the molecule is CCCCCCNc1ccc(-c2ccc(-c3cc4sc(-c5ccc(N(CCCCCC)CCCCCC)cc5)cc4s3)c3nsnc23)cc1. The molecule has 0 fully saturated rings. The van der Waals surface area contributed by atoms with E-state index in [1.807, 2.05) is 22.7 Å². The molecule has 0 bridgehead atoms. The fraction of sp³-hybridized carbons (Fsp3) is 0.429. The molecule has 0 saturated heterocycles. The highest BCUT2D eigenvalue weighted by molar-refractivity contribution is 7.31. The van der Waals surface area contributed by atoms with Gasteiger partial charge in [-0.15, -0.1) is 22.7 Å². The van der Waals surface area contributed by atoms with Crippen LogP contribution in [0.15, 0.2) is 72.8 Å². The predicted molar refractivity (Wildman–Crippen MR) is 220 cm³/mol. The molecule has 0 saturated carbocycles. The second kappa shape index (κ2) is 18.1. The maximum absolute atomic E-state index is 4.79. The average Bonchev–Trinajstić information content (AvgIpc) is 3.87. The van der Waals surface area contributed by atoms with Gasteiger partial charge in [0.05, 0.1) is 11.7 Å². The van der Waals surface area contributed by atoms with E-state index in [9.17, 15) is 0 Å². The lowest BCUT2D eigenvalue weighted by Gasteiger charge is -2.25. The smallest absolute Gasteiger partial charge is 0.114 e. The summed E-state index contributed by atoms with van der Waals surface area (Å²) in [7, 11) is 0. The molecule has 0 amide bonds. The summed E-state index contributed by atoms with van der Waals surface area (Å²) >= 11 is 5.07. The molecule has 0 radical (unpaired) electrons. The zero-order valence-corrected chi connectivity index (χ0v) is 32.1. The molecule has 3 heterocycles. The van der Waals surface area contributed by atoms with Crippen LogP contribution in [0.2, 0.25) is 0 Å². The molecular formula is C42H52N4S3. The summed E-state index contributed by atoms with van der Waals surface area (Å²) in [6.07, 6.45) is 15.5. The van der Waals surface area contributed by atoms with E-state index in [2.05, 4.69) is 104 Å². The number of anilines is 2. The molecular weight excluding hydrogens is 657 g/mol. The molecule has 0 unspecified atom stereocenters. The lowest BCUT2D eigenvalue weighted by molar-refractivity contribution is 0.609. The van der Waals surface area contributed by atoms with Crippen LogP contribution in [0.5, 0.6) is 0 Å². The molecule has 0 atom stereocenters. The summed E-state index contributed by atoms with van der Waals surface area (Å²) in [5, 5.41) is 3.57. The Kier molecular flexibility index (Phi) is 13.1. The van der Waals surface area contributed by atoms with Gasteiger partial charge < -0.3 is 10.2 Å². The molecule has 258 valence electrons. The second-order valence-electron chi connectivity index (χ2n) is 13.3. The van der Waals surface area contributed by atoms with Crippen molar-refractivity contribution in [3.8, 4) is 32.0 Å². The van der Waals surface area contributed by atoms with E-state index in [1.54, 1.807) is 0 Å². The number of benzene rings is 3. The number of thiophene rings is 2. The minimum atomic E-state index is 0.991. The standard InChI is InChI=1S/C42H52N4S3/c1-4-7-10-13-26-43-33-20-16-31(17-21-33)35-24-25-36(42-41(35)44-49-45-42)38-30-40-39(48-38)29-37(47-40)32-18-22-34(23-19-32)46(27-14-11-8-5-2)28-15-12-9-6-3/h16-25,29-30,43H,4-15,26-28H2,1-3H3. The third-order valence-corrected chi connectivity index (χ3v) is 12.4. The van der Waals surface area contributed by atoms with Crippen LogP contribution < -0.4 is 10.2 Å². The number of fused-ring (bicyclic) bond motifs is 2. The van der Waals surface area contributed by atoms with Gasteiger partial charge in [-0.25, -0.2) is 0 Å². The molecule has 3 aromatic heterocycles. The number of hydrogen-bond acceptors (Lipinski definition) is 7. The third kappa shape index (κ3) is 9.11. The first-order chi connectivity index (χ1) is 24.2. The third-order valence-electron chi connectivity index (χ3n) is 9.52. The van der Waals surface area contributed by atoms with Gasteiger partial charge in [-0.3, -0.25) is 0 Å². The van der Waals surface area contributed by atoms with Gasteiger partial charge in [0.25, 0.3) is 0 Å². The Morgan fingerprint density at radius 3 is 1.76 bits per heavy atom. The first-order valence-corrected chi connectivity index (χ1v) is 21.0. The van der Waals surface area contributed by atoms with E-state index in [0.29, 0.717) is 0 Å². The molecule has 0 spiro atoms. The van der Waals surface area contributed by atoms with Gasteiger partial charge in [-0.05, 0) is 66.8 Å². The summed E-state index contributed by atoms with van der Waals surface area (Å²) in [6, 6.07) is 27.3. The van der Waals surface area contributed by atoms with Gasteiger partial charge in [0.15, 0.2) is 0 Å². The van der Waals surface area contributed by atoms with Crippen molar-refractivity contribution in [1.29, 1.82) is 0 Å².